The van der Waals surface area contributed by atoms with Crippen LogP contribution in [0.4, 0.5) is 5.82 Å². The van der Waals surface area contributed by atoms with E-state index in [2.05, 4.69) is 55.8 Å². The van der Waals surface area contributed by atoms with Gasteiger partial charge in [-0.15, -0.1) is 0 Å². The average molecular weight is 437 g/mol. The molecule has 0 amide bonds. The van der Waals surface area contributed by atoms with E-state index in [9.17, 15) is 0 Å². The van der Waals surface area contributed by atoms with Gasteiger partial charge in [-0.05, 0) is 49.1 Å². The minimum atomic E-state index is -0.213. The number of nitrogens with zero attached hydrogens (tertiary/aromatic N) is 6. The third kappa shape index (κ3) is 2.81. The van der Waals surface area contributed by atoms with Crippen molar-refractivity contribution < 1.29 is 4.74 Å². The van der Waals surface area contributed by atoms with Crippen LogP contribution in [0.3, 0.4) is 0 Å². The largest absolute Gasteiger partial charge is 0.490 e. The van der Waals surface area contributed by atoms with Gasteiger partial charge in [-0.1, -0.05) is 24.3 Å². The van der Waals surface area contributed by atoms with E-state index in [0.717, 1.165) is 73.0 Å². The van der Waals surface area contributed by atoms with Crippen molar-refractivity contribution in [2.45, 2.75) is 31.2 Å². The van der Waals surface area contributed by atoms with Gasteiger partial charge in [0, 0.05) is 31.3 Å². The number of aromatic nitrogens is 5. The minimum Gasteiger partial charge on any atom is -0.490 e. The Morgan fingerprint density at radius 1 is 1.00 bits per heavy atom. The molecule has 3 aromatic heterocycles. The summed E-state index contributed by atoms with van der Waals surface area (Å²) in [6.45, 7) is 2.38. The van der Waals surface area contributed by atoms with Gasteiger partial charge in [0.05, 0.1) is 5.69 Å². The fourth-order valence-electron chi connectivity index (χ4n) is 5.68. The Labute approximate surface area is 191 Å². The Morgan fingerprint density at radius 3 is 2.85 bits per heavy atom. The number of para-hydroxylation sites is 1. The van der Waals surface area contributed by atoms with E-state index in [1.807, 2.05) is 12.1 Å². The van der Waals surface area contributed by atoms with E-state index >= 15 is 0 Å². The highest BCUT2D eigenvalue weighted by atomic mass is 16.5. The third-order valence-corrected chi connectivity index (χ3v) is 7.28. The van der Waals surface area contributed by atoms with Crippen LogP contribution in [-0.4, -0.2) is 44.2 Å². The smallest absolute Gasteiger partial charge is 0.161 e. The van der Waals surface area contributed by atoms with Crippen LogP contribution in [0.15, 0.2) is 61.1 Å². The molecule has 33 heavy (non-hydrogen) atoms. The first-order valence-corrected chi connectivity index (χ1v) is 11.6. The lowest BCUT2D eigenvalue weighted by molar-refractivity contribution is 0.205. The predicted octanol–water partition coefficient (Wildman–Crippen LogP) is 3.99. The van der Waals surface area contributed by atoms with Crippen molar-refractivity contribution >= 4 is 22.6 Å². The van der Waals surface area contributed by atoms with Crippen molar-refractivity contribution in [3.63, 3.8) is 0 Å². The topological polar surface area (TPSA) is 69.0 Å². The van der Waals surface area contributed by atoms with Gasteiger partial charge < -0.3 is 9.64 Å². The highest BCUT2D eigenvalue weighted by molar-refractivity contribution is 5.77. The average Bonchev–Trinajstić information content (AvgIpc) is 3.44. The maximum absolute atomic E-state index is 6.16. The van der Waals surface area contributed by atoms with E-state index in [0.29, 0.717) is 6.61 Å². The third-order valence-electron chi connectivity index (χ3n) is 7.28. The summed E-state index contributed by atoms with van der Waals surface area (Å²) in [5.41, 5.74) is 5.32. The maximum Gasteiger partial charge on any atom is 0.161 e. The molecule has 7 nitrogen and oxygen atoms in total. The Kier molecular flexibility index (Phi) is 4.06. The quantitative estimate of drug-likeness (QED) is 0.473. The molecule has 3 aliphatic heterocycles. The molecule has 3 aliphatic rings. The molecule has 7 heteroatoms. The number of benzene rings is 1. The van der Waals surface area contributed by atoms with Crippen molar-refractivity contribution in [1.82, 2.24) is 24.5 Å². The molecule has 7 rings (SSSR count). The molecule has 1 aromatic carbocycles. The molecule has 0 bridgehead atoms. The fraction of sp³-hybridized carbons (Fsp3) is 0.308. The van der Waals surface area contributed by atoms with E-state index in [4.69, 9.17) is 14.7 Å². The molecule has 0 fully saturated rings. The summed E-state index contributed by atoms with van der Waals surface area (Å²) in [7, 11) is 0. The Balaban J connectivity index is 1.30. The Hall–Kier alpha value is -3.74. The van der Waals surface area contributed by atoms with Crippen molar-refractivity contribution in [1.29, 1.82) is 0 Å². The SMILES string of the molecule is C1=C(c2ccc3nc4n(c3n2)C2(CCC4)COc3ccccc32)CCN(c2ccncn2)C1. The highest BCUT2D eigenvalue weighted by Crippen LogP contribution is 2.47. The van der Waals surface area contributed by atoms with Crippen LogP contribution in [-0.2, 0) is 12.0 Å². The second-order valence-corrected chi connectivity index (χ2v) is 9.07. The monoisotopic (exact) mass is 436 g/mol. The number of imidazole rings is 1. The van der Waals surface area contributed by atoms with E-state index in [-0.39, 0.29) is 5.54 Å². The molecule has 1 unspecified atom stereocenters. The highest BCUT2D eigenvalue weighted by Gasteiger charge is 2.46. The van der Waals surface area contributed by atoms with E-state index in [1.54, 1.807) is 12.5 Å². The molecular weight excluding hydrogens is 412 g/mol. The zero-order valence-electron chi connectivity index (χ0n) is 18.3. The number of rotatable bonds is 2. The second-order valence-electron chi connectivity index (χ2n) is 9.07. The first-order valence-electron chi connectivity index (χ1n) is 11.6. The van der Waals surface area contributed by atoms with Gasteiger partial charge in [0.2, 0.25) is 0 Å². The summed E-state index contributed by atoms with van der Waals surface area (Å²) in [6, 6.07) is 14.7. The predicted molar refractivity (Wildman–Crippen MR) is 126 cm³/mol. The van der Waals surface area contributed by atoms with Gasteiger partial charge in [0.15, 0.2) is 5.65 Å². The zero-order valence-corrected chi connectivity index (χ0v) is 18.3. The summed E-state index contributed by atoms with van der Waals surface area (Å²) >= 11 is 0. The molecule has 0 radical (unpaired) electrons. The lowest BCUT2D eigenvalue weighted by Crippen LogP contribution is -2.40. The van der Waals surface area contributed by atoms with Crippen LogP contribution < -0.4 is 9.64 Å². The van der Waals surface area contributed by atoms with Crippen molar-refractivity contribution in [2.75, 3.05) is 24.6 Å². The first kappa shape index (κ1) is 18.8. The van der Waals surface area contributed by atoms with Gasteiger partial charge in [-0.25, -0.2) is 19.9 Å². The number of anilines is 1. The molecule has 4 aromatic rings. The number of aryl methyl sites for hydroxylation is 1. The molecule has 1 atom stereocenters. The molecular formula is C26H24N6O. The lowest BCUT2D eigenvalue weighted by Gasteiger charge is -2.35. The zero-order chi connectivity index (χ0) is 21.8. The van der Waals surface area contributed by atoms with Crippen LogP contribution in [0, 0.1) is 0 Å². The van der Waals surface area contributed by atoms with Gasteiger partial charge in [-0.3, -0.25) is 4.57 Å². The molecule has 1 spiro atoms. The van der Waals surface area contributed by atoms with Crippen LogP contribution in [0.2, 0.25) is 0 Å². The normalized spacial score (nSPS) is 21.6. The van der Waals surface area contributed by atoms with Gasteiger partial charge in [-0.2, -0.15) is 0 Å². The maximum atomic E-state index is 6.16. The number of pyridine rings is 1. The van der Waals surface area contributed by atoms with E-state index < -0.39 is 0 Å². The fourth-order valence-corrected chi connectivity index (χ4v) is 5.68. The number of fused-ring (bicyclic) bond motifs is 6. The summed E-state index contributed by atoms with van der Waals surface area (Å²) < 4.78 is 8.55. The standard InChI is InChI=1S/C26H24N6O/c1-2-5-22-19(4-1)26(16-33-22)12-3-6-24-29-21-8-7-20(30-25(21)32(24)26)18-10-14-31(15-11-18)23-9-13-27-17-28-23/h1-2,4-5,7-10,13,17H,3,6,11-12,14-16H2. The first-order chi connectivity index (χ1) is 16.3. The minimum absolute atomic E-state index is 0.213. The molecule has 164 valence electrons. The lowest BCUT2D eigenvalue weighted by atomic mass is 9.83. The molecule has 0 saturated carbocycles. The Bertz CT molecular complexity index is 1390. The van der Waals surface area contributed by atoms with Crippen LogP contribution in [0.25, 0.3) is 16.7 Å². The summed E-state index contributed by atoms with van der Waals surface area (Å²) in [5.74, 6) is 3.08. The van der Waals surface area contributed by atoms with Crippen LogP contribution in [0.5, 0.6) is 5.75 Å². The van der Waals surface area contributed by atoms with E-state index in [1.165, 1.54) is 11.1 Å². The number of ether oxygens (including phenoxy) is 1. The van der Waals surface area contributed by atoms with Crippen molar-refractivity contribution in [3.8, 4) is 5.75 Å². The number of hydrogen-bond donors (Lipinski definition) is 0. The van der Waals surface area contributed by atoms with Crippen molar-refractivity contribution in [3.05, 3.63) is 78.1 Å². The molecule has 0 aliphatic carbocycles. The molecule has 6 heterocycles. The van der Waals surface area contributed by atoms with Gasteiger partial charge in [0.1, 0.15) is 41.4 Å². The summed E-state index contributed by atoms with van der Waals surface area (Å²) in [6.07, 6.45) is 9.74. The Morgan fingerprint density at radius 2 is 1.97 bits per heavy atom. The second kappa shape index (κ2) is 7.13. The van der Waals surface area contributed by atoms with Gasteiger partial charge in [0.25, 0.3) is 0 Å². The van der Waals surface area contributed by atoms with Crippen LogP contribution >= 0.6 is 0 Å². The molecule has 0 saturated heterocycles. The number of hydrogen-bond acceptors (Lipinski definition) is 6. The van der Waals surface area contributed by atoms with Crippen molar-refractivity contribution in [2.24, 2.45) is 0 Å². The molecule has 0 N–H and O–H groups in total. The van der Waals surface area contributed by atoms with Gasteiger partial charge >= 0.3 is 0 Å². The summed E-state index contributed by atoms with van der Waals surface area (Å²) in [5, 5.41) is 0. The summed E-state index contributed by atoms with van der Waals surface area (Å²) in [4.78, 5) is 20.9. The van der Waals surface area contributed by atoms with Crippen LogP contribution in [0.1, 0.15) is 36.3 Å².